The third kappa shape index (κ3) is 5.42. The van der Waals surface area contributed by atoms with Crippen LogP contribution in [0.1, 0.15) is 32.2 Å². The summed E-state index contributed by atoms with van der Waals surface area (Å²) in [5.74, 6) is -0.534. The van der Waals surface area contributed by atoms with Crippen LogP contribution in [-0.2, 0) is 16.0 Å². The molecule has 178 valence electrons. The molecule has 0 unspecified atom stereocenters. The van der Waals surface area contributed by atoms with E-state index in [0.29, 0.717) is 27.6 Å². The van der Waals surface area contributed by atoms with Gasteiger partial charge in [0.15, 0.2) is 6.10 Å². The first-order chi connectivity index (χ1) is 16.2. The fraction of sp³-hybridized carbons (Fsp3) is 0.273. The van der Waals surface area contributed by atoms with Crippen LogP contribution in [0.2, 0.25) is 5.02 Å². The molecule has 3 aromatic rings. The van der Waals surface area contributed by atoms with E-state index in [1.807, 2.05) is 6.92 Å². The van der Waals surface area contributed by atoms with Gasteiger partial charge in [-0.25, -0.2) is 9.78 Å². The molecule has 0 N–H and O–H groups in total. The molecule has 1 atom stereocenters. The maximum Gasteiger partial charge on any atom is 0.347 e. The quantitative estimate of drug-likeness (QED) is 0.175. The summed E-state index contributed by atoms with van der Waals surface area (Å²) in [5.41, 5.74) is -0.0690. The van der Waals surface area contributed by atoms with E-state index in [1.54, 1.807) is 25.1 Å². The van der Waals surface area contributed by atoms with Crippen LogP contribution in [0, 0.1) is 10.1 Å². The number of hydrogen-bond acceptors (Lipinski definition) is 8. The minimum Gasteiger partial charge on any atom is -0.471 e. The molecular formula is C22H20BrClN4O6. The van der Waals surface area contributed by atoms with Crippen molar-refractivity contribution < 1.29 is 19.2 Å². The predicted molar refractivity (Wildman–Crippen MR) is 131 cm³/mol. The molecule has 0 fully saturated rings. The van der Waals surface area contributed by atoms with Crippen LogP contribution in [0.3, 0.4) is 0 Å². The molecular weight excluding hydrogens is 532 g/mol. The van der Waals surface area contributed by atoms with Crippen molar-refractivity contribution in [2.24, 2.45) is 5.10 Å². The molecule has 1 aromatic heterocycles. The van der Waals surface area contributed by atoms with E-state index in [4.69, 9.17) is 21.1 Å². The van der Waals surface area contributed by atoms with Crippen molar-refractivity contribution in [2.45, 2.75) is 33.3 Å². The van der Waals surface area contributed by atoms with E-state index in [-0.39, 0.29) is 28.5 Å². The van der Waals surface area contributed by atoms with Gasteiger partial charge in [0.1, 0.15) is 5.82 Å². The maximum absolute atomic E-state index is 13.0. The number of esters is 1. The van der Waals surface area contributed by atoms with Gasteiger partial charge in [0.25, 0.3) is 5.56 Å². The third-order valence-electron chi connectivity index (χ3n) is 4.67. The van der Waals surface area contributed by atoms with Gasteiger partial charge in [-0.15, -0.1) is 0 Å². The molecule has 0 aliphatic heterocycles. The number of benzene rings is 2. The Labute approximate surface area is 207 Å². The summed E-state index contributed by atoms with van der Waals surface area (Å²) in [4.78, 5) is 40.3. The first-order valence-corrected chi connectivity index (χ1v) is 11.4. The molecule has 0 aliphatic carbocycles. The van der Waals surface area contributed by atoms with Gasteiger partial charge in [0.2, 0.25) is 5.75 Å². The normalized spacial score (nSPS) is 12.1. The van der Waals surface area contributed by atoms with Crippen LogP contribution in [0.15, 0.2) is 44.7 Å². The topological polar surface area (TPSA) is 126 Å². The van der Waals surface area contributed by atoms with E-state index in [2.05, 4.69) is 26.0 Å². The highest BCUT2D eigenvalue weighted by atomic mass is 79.9. The molecule has 0 saturated heterocycles. The highest BCUT2D eigenvalue weighted by Gasteiger charge is 2.25. The van der Waals surface area contributed by atoms with Gasteiger partial charge in [0, 0.05) is 22.5 Å². The standard InChI is InChI=1S/C22H20BrClN4O6/c1-4-19-26-17-7-6-14(23)10-15(17)21(29)27(19)25-11-13-8-16(24)20(18(9-13)28(31)32)34-12(3)22(30)33-5-2/h6-12H,4-5H2,1-3H3/t12-/m0/s1. The number of carbonyl (C=O) groups excluding carboxylic acids is 1. The summed E-state index contributed by atoms with van der Waals surface area (Å²) in [6.07, 6.45) is 0.589. The van der Waals surface area contributed by atoms with Gasteiger partial charge < -0.3 is 9.47 Å². The summed E-state index contributed by atoms with van der Waals surface area (Å²) < 4.78 is 12.1. The van der Waals surface area contributed by atoms with Crippen LogP contribution in [0.25, 0.3) is 10.9 Å². The second kappa shape index (κ2) is 10.7. The highest BCUT2D eigenvalue weighted by Crippen LogP contribution is 2.36. The Morgan fingerprint density at radius 3 is 2.74 bits per heavy atom. The lowest BCUT2D eigenvalue weighted by Gasteiger charge is -2.14. The SMILES string of the molecule is CCOC(=O)[C@H](C)Oc1c(Cl)cc(C=Nn2c(CC)nc3ccc(Br)cc3c2=O)cc1[N+](=O)[O-]. The summed E-state index contributed by atoms with van der Waals surface area (Å²) in [7, 11) is 0. The van der Waals surface area contributed by atoms with Crippen molar-refractivity contribution in [2.75, 3.05) is 6.61 Å². The number of nitro groups is 1. The predicted octanol–water partition coefficient (Wildman–Crippen LogP) is 4.50. The van der Waals surface area contributed by atoms with Crippen LogP contribution < -0.4 is 10.3 Å². The van der Waals surface area contributed by atoms with Gasteiger partial charge in [-0.3, -0.25) is 14.9 Å². The minimum absolute atomic E-state index is 0.101. The molecule has 1 heterocycles. The third-order valence-corrected chi connectivity index (χ3v) is 5.44. The number of aryl methyl sites for hydroxylation is 1. The molecule has 0 saturated carbocycles. The lowest BCUT2D eigenvalue weighted by Crippen LogP contribution is -2.26. The average Bonchev–Trinajstić information content (AvgIpc) is 2.79. The fourth-order valence-electron chi connectivity index (χ4n) is 3.08. The maximum atomic E-state index is 13.0. The Morgan fingerprint density at radius 2 is 2.09 bits per heavy atom. The van der Waals surface area contributed by atoms with Crippen molar-refractivity contribution in [3.05, 3.63) is 71.7 Å². The van der Waals surface area contributed by atoms with Crippen molar-refractivity contribution >= 4 is 56.3 Å². The van der Waals surface area contributed by atoms with Crippen LogP contribution in [0.4, 0.5) is 5.69 Å². The Balaban J connectivity index is 2.03. The van der Waals surface area contributed by atoms with E-state index in [1.165, 1.54) is 25.3 Å². The summed E-state index contributed by atoms with van der Waals surface area (Å²) in [6.45, 7) is 5.00. The number of hydrogen-bond donors (Lipinski definition) is 0. The van der Waals surface area contributed by atoms with Crippen molar-refractivity contribution in [3.8, 4) is 5.75 Å². The van der Waals surface area contributed by atoms with Gasteiger partial charge >= 0.3 is 11.7 Å². The van der Waals surface area contributed by atoms with Crippen molar-refractivity contribution in [1.29, 1.82) is 0 Å². The summed E-state index contributed by atoms with van der Waals surface area (Å²) in [5, 5.41) is 16.1. The van der Waals surface area contributed by atoms with Crippen molar-refractivity contribution in [1.82, 2.24) is 9.66 Å². The molecule has 0 aliphatic rings. The van der Waals surface area contributed by atoms with Crippen LogP contribution in [0.5, 0.6) is 5.75 Å². The molecule has 34 heavy (non-hydrogen) atoms. The van der Waals surface area contributed by atoms with E-state index >= 15 is 0 Å². The van der Waals surface area contributed by atoms with E-state index in [0.717, 1.165) is 4.68 Å². The zero-order valence-corrected chi connectivity index (χ0v) is 20.8. The van der Waals surface area contributed by atoms with E-state index < -0.39 is 22.7 Å². The lowest BCUT2D eigenvalue weighted by molar-refractivity contribution is -0.386. The van der Waals surface area contributed by atoms with Crippen LogP contribution in [-0.4, -0.2) is 39.5 Å². The molecule has 0 amide bonds. The fourth-order valence-corrected chi connectivity index (χ4v) is 3.71. The lowest BCUT2D eigenvalue weighted by atomic mass is 10.2. The first-order valence-electron chi connectivity index (χ1n) is 10.2. The summed E-state index contributed by atoms with van der Waals surface area (Å²) >= 11 is 9.58. The van der Waals surface area contributed by atoms with Gasteiger partial charge in [-0.05, 0) is 38.1 Å². The van der Waals surface area contributed by atoms with Crippen molar-refractivity contribution in [3.63, 3.8) is 0 Å². The first kappa shape index (κ1) is 25.3. The highest BCUT2D eigenvalue weighted by molar-refractivity contribution is 9.10. The molecule has 0 radical (unpaired) electrons. The number of aromatic nitrogens is 2. The zero-order valence-electron chi connectivity index (χ0n) is 18.4. The second-order valence-electron chi connectivity index (χ2n) is 7.02. The largest absolute Gasteiger partial charge is 0.471 e. The molecule has 3 rings (SSSR count). The van der Waals surface area contributed by atoms with Crippen LogP contribution >= 0.6 is 27.5 Å². The second-order valence-corrected chi connectivity index (χ2v) is 8.35. The average molecular weight is 552 g/mol. The minimum atomic E-state index is -1.11. The molecule has 10 nitrogen and oxygen atoms in total. The number of carbonyl (C=O) groups is 1. The molecule has 2 aromatic carbocycles. The van der Waals surface area contributed by atoms with Gasteiger partial charge in [0.05, 0.1) is 33.7 Å². The number of nitrogens with zero attached hydrogens (tertiary/aromatic N) is 4. The number of rotatable bonds is 8. The Kier molecular flexibility index (Phi) is 8.00. The number of ether oxygens (including phenoxy) is 2. The summed E-state index contributed by atoms with van der Waals surface area (Å²) in [6, 6.07) is 7.73. The van der Waals surface area contributed by atoms with Gasteiger partial charge in [-0.2, -0.15) is 9.78 Å². The Hall–Kier alpha value is -3.31. The smallest absolute Gasteiger partial charge is 0.347 e. The number of fused-ring (bicyclic) bond motifs is 1. The molecule has 12 heteroatoms. The zero-order chi connectivity index (χ0) is 25.0. The molecule has 0 spiro atoms. The number of nitro benzene ring substituents is 1. The Bertz CT molecular complexity index is 1360. The number of halogens is 2. The molecule has 0 bridgehead atoms. The monoisotopic (exact) mass is 550 g/mol. The Morgan fingerprint density at radius 1 is 1.35 bits per heavy atom. The van der Waals surface area contributed by atoms with E-state index in [9.17, 15) is 19.7 Å². The van der Waals surface area contributed by atoms with Gasteiger partial charge in [-0.1, -0.05) is 34.5 Å².